The van der Waals surface area contributed by atoms with E-state index in [2.05, 4.69) is 20.7 Å². The van der Waals surface area contributed by atoms with Crippen LogP contribution < -0.4 is 10.6 Å². The molecule has 2 N–H and O–H groups in total. The Morgan fingerprint density at radius 2 is 2.08 bits per heavy atom. The third-order valence-electron chi connectivity index (χ3n) is 4.96. The van der Waals surface area contributed by atoms with E-state index in [-0.39, 0.29) is 12.1 Å². The van der Waals surface area contributed by atoms with Gasteiger partial charge in [-0.15, -0.1) is 0 Å². The van der Waals surface area contributed by atoms with Crippen LogP contribution in [-0.4, -0.2) is 39.0 Å². The minimum absolute atomic E-state index is 0.266. The number of fused-ring (bicyclic) bond motifs is 1. The van der Waals surface area contributed by atoms with Crippen LogP contribution in [0.2, 0.25) is 0 Å². The molecular weight excluding hydrogens is 318 g/mol. The first-order valence-corrected chi connectivity index (χ1v) is 9.46. The van der Waals surface area contributed by atoms with Crippen molar-refractivity contribution in [3.8, 4) is 0 Å². The van der Waals surface area contributed by atoms with Crippen molar-refractivity contribution in [1.82, 2.24) is 25.4 Å². The molecule has 0 saturated heterocycles. The van der Waals surface area contributed by atoms with Gasteiger partial charge in [0.25, 0.3) is 0 Å². The molecule has 0 radical (unpaired) electrons. The monoisotopic (exact) mass is 349 g/mol. The molecule has 1 aromatic heterocycles. The van der Waals surface area contributed by atoms with Gasteiger partial charge in [-0.3, -0.25) is 0 Å². The number of alkyl carbamates (subject to hydrolysis) is 1. The average Bonchev–Trinajstić information content (AvgIpc) is 3.09. The van der Waals surface area contributed by atoms with Crippen LogP contribution in [0.25, 0.3) is 0 Å². The minimum atomic E-state index is -0.457. The lowest BCUT2D eigenvalue weighted by molar-refractivity contribution is 0.0517. The Morgan fingerprint density at radius 3 is 2.84 bits per heavy atom. The summed E-state index contributed by atoms with van der Waals surface area (Å²) in [6, 6.07) is 0.672. The molecule has 140 valence electrons. The molecule has 1 fully saturated rings. The van der Waals surface area contributed by atoms with E-state index in [0.717, 1.165) is 43.9 Å². The molecule has 1 aliphatic heterocycles. The SMILES string of the molecule is Cc1nc2n(n1)CCCC2NC1CCCC1CNC(=O)OC(C)(C)C. The summed E-state index contributed by atoms with van der Waals surface area (Å²) in [7, 11) is 0. The highest BCUT2D eigenvalue weighted by atomic mass is 16.6. The quantitative estimate of drug-likeness (QED) is 0.873. The largest absolute Gasteiger partial charge is 0.444 e. The standard InChI is InChI=1S/C18H31N5O2/c1-12-20-16-15(9-6-10-23(16)22-12)21-14-8-5-7-13(14)11-19-17(24)25-18(2,3)4/h13-15,21H,5-11H2,1-4H3,(H,19,24). The molecule has 3 rings (SSSR count). The fraction of sp³-hybridized carbons (Fsp3) is 0.833. The number of aryl methyl sites for hydroxylation is 2. The summed E-state index contributed by atoms with van der Waals surface area (Å²) in [6.07, 6.45) is 5.36. The molecule has 1 saturated carbocycles. The van der Waals surface area contributed by atoms with E-state index in [1.54, 1.807) is 0 Å². The molecule has 0 bridgehead atoms. The highest BCUT2D eigenvalue weighted by Crippen LogP contribution is 2.30. The molecular formula is C18H31N5O2. The van der Waals surface area contributed by atoms with Crippen LogP contribution in [0.3, 0.4) is 0 Å². The number of ether oxygens (including phenoxy) is 1. The van der Waals surface area contributed by atoms with Gasteiger partial charge >= 0.3 is 6.09 Å². The van der Waals surface area contributed by atoms with Gasteiger partial charge in [-0.2, -0.15) is 5.10 Å². The van der Waals surface area contributed by atoms with Crippen molar-refractivity contribution < 1.29 is 9.53 Å². The van der Waals surface area contributed by atoms with Gasteiger partial charge in [0.05, 0.1) is 6.04 Å². The second-order valence-electron chi connectivity index (χ2n) is 8.28. The van der Waals surface area contributed by atoms with Crippen molar-refractivity contribution >= 4 is 6.09 Å². The smallest absolute Gasteiger partial charge is 0.407 e. The predicted molar refractivity (Wildman–Crippen MR) is 95.2 cm³/mol. The van der Waals surface area contributed by atoms with Crippen molar-refractivity contribution in [3.63, 3.8) is 0 Å². The molecule has 3 unspecified atom stereocenters. The van der Waals surface area contributed by atoms with E-state index in [4.69, 9.17) is 4.74 Å². The molecule has 7 nitrogen and oxygen atoms in total. The molecule has 1 amide bonds. The summed E-state index contributed by atoms with van der Waals surface area (Å²) in [6.45, 7) is 9.22. The molecule has 2 aliphatic rings. The summed E-state index contributed by atoms with van der Waals surface area (Å²) in [4.78, 5) is 16.5. The molecule has 0 spiro atoms. The number of hydrogen-bond donors (Lipinski definition) is 2. The normalized spacial score (nSPS) is 26.3. The maximum atomic E-state index is 11.9. The number of carbonyl (C=O) groups is 1. The van der Waals surface area contributed by atoms with Gasteiger partial charge in [-0.1, -0.05) is 6.42 Å². The molecule has 25 heavy (non-hydrogen) atoms. The van der Waals surface area contributed by atoms with Gasteiger partial charge in [0.2, 0.25) is 0 Å². The second kappa shape index (κ2) is 7.32. The van der Waals surface area contributed by atoms with E-state index in [1.165, 1.54) is 6.42 Å². The predicted octanol–water partition coefficient (Wildman–Crippen LogP) is 2.70. The Morgan fingerprint density at radius 1 is 1.28 bits per heavy atom. The van der Waals surface area contributed by atoms with Gasteiger partial charge in [0.1, 0.15) is 17.2 Å². The first-order valence-electron chi connectivity index (χ1n) is 9.46. The average molecular weight is 349 g/mol. The summed E-state index contributed by atoms with van der Waals surface area (Å²) in [5.41, 5.74) is -0.457. The number of nitrogens with one attached hydrogen (secondary N) is 2. The van der Waals surface area contributed by atoms with Gasteiger partial charge < -0.3 is 15.4 Å². The molecule has 7 heteroatoms. The van der Waals surface area contributed by atoms with Crippen LogP contribution in [0.1, 0.15) is 70.6 Å². The van der Waals surface area contributed by atoms with Gasteiger partial charge in [-0.25, -0.2) is 14.5 Å². The lowest BCUT2D eigenvalue weighted by Crippen LogP contribution is -2.43. The third-order valence-corrected chi connectivity index (χ3v) is 4.96. The fourth-order valence-electron chi connectivity index (χ4n) is 3.91. The molecule has 2 heterocycles. The second-order valence-corrected chi connectivity index (χ2v) is 8.28. The lowest BCUT2D eigenvalue weighted by atomic mass is 10.00. The topological polar surface area (TPSA) is 81.1 Å². The fourth-order valence-corrected chi connectivity index (χ4v) is 3.91. The molecule has 1 aromatic rings. The van der Waals surface area contributed by atoms with Crippen molar-refractivity contribution in [3.05, 3.63) is 11.6 Å². The zero-order valence-electron chi connectivity index (χ0n) is 15.8. The Balaban J connectivity index is 1.55. The number of amides is 1. The van der Waals surface area contributed by atoms with E-state index < -0.39 is 5.60 Å². The van der Waals surface area contributed by atoms with Crippen LogP contribution >= 0.6 is 0 Å². The van der Waals surface area contributed by atoms with Crippen LogP contribution in [-0.2, 0) is 11.3 Å². The Hall–Kier alpha value is -1.63. The van der Waals surface area contributed by atoms with Crippen molar-refractivity contribution in [1.29, 1.82) is 0 Å². The number of rotatable bonds is 4. The zero-order valence-corrected chi connectivity index (χ0v) is 15.8. The summed E-state index contributed by atoms with van der Waals surface area (Å²) >= 11 is 0. The Bertz CT molecular complexity index is 607. The van der Waals surface area contributed by atoms with Crippen molar-refractivity contribution in [2.75, 3.05) is 6.54 Å². The first kappa shape index (κ1) is 18.2. The van der Waals surface area contributed by atoms with E-state index in [1.807, 2.05) is 32.4 Å². The van der Waals surface area contributed by atoms with E-state index in [9.17, 15) is 4.79 Å². The number of aromatic nitrogens is 3. The highest BCUT2D eigenvalue weighted by molar-refractivity contribution is 5.67. The van der Waals surface area contributed by atoms with Gasteiger partial charge in [0, 0.05) is 19.1 Å². The van der Waals surface area contributed by atoms with E-state index in [0.29, 0.717) is 18.5 Å². The lowest BCUT2D eigenvalue weighted by Gasteiger charge is -2.29. The number of carbonyl (C=O) groups excluding carboxylic acids is 1. The molecule has 0 aromatic carbocycles. The maximum Gasteiger partial charge on any atom is 0.407 e. The Labute approximate surface area is 149 Å². The van der Waals surface area contributed by atoms with Gasteiger partial charge in [-0.05, 0) is 59.3 Å². The summed E-state index contributed by atoms with van der Waals surface area (Å²) < 4.78 is 7.38. The van der Waals surface area contributed by atoms with Crippen molar-refractivity contribution in [2.45, 2.75) is 84.0 Å². The Kier molecular flexibility index (Phi) is 5.32. The zero-order chi connectivity index (χ0) is 18.0. The van der Waals surface area contributed by atoms with Crippen LogP contribution in [0.15, 0.2) is 0 Å². The van der Waals surface area contributed by atoms with Crippen LogP contribution in [0.5, 0.6) is 0 Å². The molecule has 1 aliphatic carbocycles. The van der Waals surface area contributed by atoms with Crippen LogP contribution in [0, 0.1) is 12.8 Å². The third kappa shape index (κ3) is 4.71. The maximum absolute atomic E-state index is 11.9. The highest BCUT2D eigenvalue weighted by Gasteiger charge is 2.32. The van der Waals surface area contributed by atoms with Crippen molar-refractivity contribution in [2.24, 2.45) is 5.92 Å². The van der Waals surface area contributed by atoms with Crippen LogP contribution in [0.4, 0.5) is 4.79 Å². The minimum Gasteiger partial charge on any atom is -0.444 e. The van der Waals surface area contributed by atoms with Gasteiger partial charge in [0.15, 0.2) is 0 Å². The van der Waals surface area contributed by atoms with E-state index >= 15 is 0 Å². The summed E-state index contributed by atoms with van der Waals surface area (Å²) in [5.74, 6) is 2.35. The number of hydrogen-bond acceptors (Lipinski definition) is 5. The first-order chi connectivity index (χ1) is 11.8. The number of nitrogens with zero attached hydrogens (tertiary/aromatic N) is 3. The molecule has 3 atom stereocenters. The summed E-state index contributed by atoms with van der Waals surface area (Å²) in [5, 5.41) is 11.2.